The summed E-state index contributed by atoms with van der Waals surface area (Å²) in [5.74, 6) is 0.0226. The van der Waals surface area contributed by atoms with E-state index in [0.717, 1.165) is 11.8 Å². The van der Waals surface area contributed by atoms with Gasteiger partial charge in [0.25, 0.3) is 0 Å². The van der Waals surface area contributed by atoms with Gasteiger partial charge in [0.05, 0.1) is 22.8 Å². The predicted molar refractivity (Wildman–Crippen MR) is 85.7 cm³/mol. The highest BCUT2D eigenvalue weighted by Crippen LogP contribution is 2.33. The van der Waals surface area contributed by atoms with Crippen molar-refractivity contribution in [3.8, 4) is 10.6 Å². The predicted octanol–water partition coefficient (Wildman–Crippen LogP) is 3.59. The second-order valence-corrected chi connectivity index (χ2v) is 6.16. The first-order chi connectivity index (χ1) is 11.3. The number of alkyl halides is 3. The number of thiophene rings is 1. The third-order valence-electron chi connectivity index (χ3n) is 3.44. The van der Waals surface area contributed by atoms with Crippen LogP contribution in [0.5, 0.6) is 0 Å². The first kappa shape index (κ1) is 16.4. The molecule has 0 bridgehead atoms. The van der Waals surface area contributed by atoms with Gasteiger partial charge in [-0.25, -0.2) is 9.97 Å². The molecule has 0 amide bonds. The van der Waals surface area contributed by atoms with E-state index in [0.29, 0.717) is 11.4 Å². The highest BCUT2D eigenvalue weighted by atomic mass is 32.1. The van der Waals surface area contributed by atoms with E-state index in [2.05, 4.69) is 15.1 Å². The zero-order valence-electron chi connectivity index (χ0n) is 12.9. The molecule has 9 heteroatoms. The number of rotatable bonds is 4. The van der Waals surface area contributed by atoms with Gasteiger partial charge in [-0.05, 0) is 23.6 Å². The van der Waals surface area contributed by atoms with Crippen molar-refractivity contribution in [2.75, 3.05) is 11.9 Å². The van der Waals surface area contributed by atoms with Crippen molar-refractivity contribution in [2.24, 2.45) is 7.05 Å². The minimum atomic E-state index is -4.53. The number of hydrogen-bond donors (Lipinski definition) is 0. The van der Waals surface area contributed by atoms with Crippen LogP contribution in [-0.2, 0) is 19.8 Å². The Morgan fingerprint density at radius 3 is 2.62 bits per heavy atom. The second kappa shape index (κ2) is 6.23. The van der Waals surface area contributed by atoms with E-state index in [1.54, 1.807) is 53.5 Å². The molecule has 0 fully saturated rings. The Bertz CT molecular complexity index is 826. The summed E-state index contributed by atoms with van der Waals surface area (Å²) >= 11 is 1.33. The van der Waals surface area contributed by atoms with Crippen LogP contribution >= 0.6 is 11.3 Å². The lowest BCUT2D eigenvalue weighted by Crippen LogP contribution is -2.22. The topological polar surface area (TPSA) is 46.8 Å². The molecule has 3 aromatic rings. The van der Waals surface area contributed by atoms with E-state index in [-0.39, 0.29) is 11.6 Å². The van der Waals surface area contributed by atoms with E-state index in [9.17, 15) is 13.2 Å². The third-order valence-corrected chi connectivity index (χ3v) is 4.33. The summed E-state index contributed by atoms with van der Waals surface area (Å²) in [5.41, 5.74) is 0.156. The van der Waals surface area contributed by atoms with Crippen LogP contribution in [0.1, 0.15) is 11.4 Å². The number of halogens is 3. The van der Waals surface area contributed by atoms with Crippen LogP contribution in [0.25, 0.3) is 10.6 Å². The number of aryl methyl sites for hydroxylation is 1. The highest BCUT2D eigenvalue weighted by molar-refractivity contribution is 7.13. The van der Waals surface area contributed by atoms with Crippen molar-refractivity contribution in [3.63, 3.8) is 0 Å². The minimum absolute atomic E-state index is 0.0226. The summed E-state index contributed by atoms with van der Waals surface area (Å²) in [6.07, 6.45) is -2.90. The maximum Gasteiger partial charge on any atom is 0.433 e. The minimum Gasteiger partial charge on any atom is -0.338 e. The molecule has 0 unspecified atom stereocenters. The zero-order chi connectivity index (χ0) is 17.3. The van der Waals surface area contributed by atoms with Crippen molar-refractivity contribution in [1.82, 2.24) is 19.7 Å². The summed E-state index contributed by atoms with van der Waals surface area (Å²) in [4.78, 5) is 10.2. The molecule has 0 spiro atoms. The third kappa shape index (κ3) is 3.40. The average molecular weight is 353 g/mol. The zero-order valence-corrected chi connectivity index (χ0v) is 13.8. The quantitative estimate of drug-likeness (QED) is 0.719. The average Bonchev–Trinajstić information content (AvgIpc) is 3.18. The molecule has 0 aromatic carbocycles. The van der Waals surface area contributed by atoms with Crippen LogP contribution in [0, 0.1) is 0 Å². The molecule has 0 N–H and O–H groups in total. The Kier molecular flexibility index (Phi) is 4.27. The Morgan fingerprint density at radius 1 is 1.25 bits per heavy atom. The molecule has 24 heavy (non-hydrogen) atoms. The fourth-order valence-corrected chi connectivity index (χ4v) is 2.86. The molecular formula is C15H14F3N5S. The summed E-state index contributed by atoms with van der Waals surface area (Å²) < 4.78 is 41.2. The van der Waals surface area contributed by atoms with Gasteiger partial charge in [0.1, 0.15) is 0 Å². The number of nitrogens with zero attached hydrogens (tertiary/aromatic N) is 5. The van der Waals surface area contributed by atoms with Gasteiger partial charge in [-0.2, -0.15) is 18.3 Å². The van der Waals surface area contributed by atoms with Crippen LogP contribution in [0.4, 0.5) is 19.1 Å². The first-order valence-corrected chi connectivity index (χ1v) is 7.91. The lowest BCUT2D eigenvalue weighted by atomic mass is 10.2. The van der Waals surface area contributed by atoms with Crippen LogP contribution in [0.15, 0.2) is 35.8 Å². The van der Waals surface area contributed by atoms with Gasteiger partial charge >= 0.3 is 6.18 Å². The van der Waals surface area contributed by atoms with E-state index in [1.165, 1.54) is 11.3 Å². The summed E-state index contributed by atoms with van der Waals surface area (Å²) in [5, 5.41) is 5.84. The van der Waals surface area contributed by atoms with Crippen LogP contribution in [-0.4, -0.2) is 26.8 Å². The van der Waals surface area contributed by atoms with Crippen molar-refractivity contribution in [1.29, 1.82) is 0 Å². The van der Waals surface area contributed by atoms with E-state index in [1.807, 2.05) is 0 Å². The maximum absolute atomic E-state index is 13.2. The van der Waals surface area contributed by atoms with Gasteiger partial charge in [-0.1, -0.05) is 6.07 Å². The molecule has 3 aromatic heterocycles. The molecule has 0 saturated heterocycles. The fourth-order valence-electron chi connectivity index (χ4n) is 2.17. The second-order valence-electron chi connectivity index (χ2n) is 5.22. The van der Waals surface area contributed by atoms with Gasteiger partial charge < -0.3 is 4.90 Å². The molecule has 3 heterocycles. The number of hydrogen-bond acceptors (Lipinski definition) is 5. The Labute approximate surface area is 140 Å². The van der Waals surface area contributed by atoms with Gasteiger partial charge in [0.15, 0.2) is 5.69 Å². The van der Waals surface area contributed by atoms with Gasteiger partial charge in [0, 0.05) is 20.3 Å². The molecule has 0 aliphatic rings. The SMILES string of the molecule is CN(Cc1ccnn1C)c1nc(-c2cccs2)cc(C(F)(F)F)n1. The first-order valence-electron chi connectivity index (χ1n) is 7.03. The lowest BCUT2D eigenvalue weighted by molar-refractivity contribution is -0.141. The summed E-state index contributed by atoms with van der Waals surface area (Å²) in [6.45, 7) is 0.349. The molecule has 0 saturated carbocycles. The number of anilines is 1. The molecule has 5 nitrogen and oxygen atoms in total. The van der Waals surface area contributed by atoms with Crippen molar-refractivity contribution >= 4 is 17.3 Å². The fraction of sp³-hybridized carbons (Fsp3) is 0.267. The van der Waals surface area contributed by atoms with Crippen LogP contribution in [0.2, 0.25) is 0 Å². The van der Waals surface area contributed by atoms with E-state index in [4.69, 9.17) is 0 Å². The molecule has 3 rings (SSSR count). The normalized spacial score (nSPS) is 11.7. The Morgan fingerprint density at radius 2 is 2.04 bits per heavy atom. The smallest absolute Gasteiger partial charge is 0.338 e. The summed E-state index contributed by atoms with van der Waals surface area (Å²) in [6, 6.07) is 6.28. The largest absolute Gasteiger partial charge is 0.433 e. The number of aromatic nitrogens is 4. The lowest BCUT2D eigenvalue weighted by Gasteiger charge is -2.19. The molecule has 0 atom stereocenters. The standard InChI is InChI=1S/C15H14F3N5S/c1-22(9-10-5-6-19-23(10)2)14-20-11(12-4-3-7-24-12)8-13(21-14)15(16,17)18/h3-8H,9H2,1-2H3. The van der Waals surface area contributed by atoms with Crippen molar-refractivity contribution in [2.45, 2.75) is 12.7 Å². The monoisotopic (exact) mass is 353 g/mol. The van der Waals surface area contributed by atoms with Gasteiger partial charge in [-0.3, -0.25) is 4.68 Å². The molecule has 0 aliphatic heterocycles. The van der Waals surface area contributed by atoms with Crippen molar-refractivity contribution < 1.29 is 13.2 Å². The molecule has 0 aliphatic carbocycles. The Hall–Kier alpha value is -2.42. The van der Waals surface area contributed by atoms with Crippen LogP contribution < -0.4 is 4.90 Å². The summed E-state index contributed by atoms with van der Waals surface area (Å²) in [7, 11) is 3.42. The van der Waals surface area contributed by atoms with E-state index < -0.39 is 11.9 Å². The maximum atomic E-state index is 13.2. The van der Waals surface area contributed by atoms with E-state index >= 15 is 0 Å². The Balaban J connectivity index is 2.00. The molecular weight excluding hydrogens is 339 g/mol. The van der Waals surface area contributed by atoms with Gasteiger partial charge in [-0.15, -0.1) is 11.3 Å². The van der Waals surface area contributed by atoms with Gasteiger partial charge in [0.2, 0.25) is 5.95 Å². The van der Waals surface area contributed by atoms with Crippen LogP contribution in [0.3, 0.4) is 0 Å². The molecule has 126 valence electrons. The highest BCUT2D eigenvalue weighted by Gasteiger charge is 2.34. The molecule has 0 radical (unpaired) electrons. The van der Waals surface area contributed by atoms with Crippen molar-refractivity contribution in [3.05, 3.63) is 47.2 Å².